The Morgan fingerprint density at radius 3 is 2.89 bits per heavy atom. The second kappa shape index (κ2) is 5.83. The van der Waals surface area contributed by atoms with E-state index >= 15 is 0 Å². The van der Waals surface area contributed by atoms with Gasteiger partial charge in [0.05, 0.1) is 0 Å². The van der Waals surface area contributed by atoms with Crippen LogP contribution in [0.25, 0.3) is 0 Å². The Hall–Kier alpha value is -1.22. The highest BCUT2D eigenvalue weighted by molar-refractivity contribution is 5.67. The molecular formula is C16H25N3. The minimum absolute atomic E-state index is 1.12. The molecule has 3 nitrogen and oxygen atoms in total. The maximum atomic E-state index is 3.52. The molecule has 0 spiro atoms. The highest BCUT2D eigenvalue weighted by Gasteiger charge is 2.16. The number of rotatable bonds is 4. The van der Waals surface area contributed by atoms with E-state index in [0.717, 1.165) is 13.1 Å². The van der Waals surface area contributed by atoms with Gasteiger partial charge in [-0.15, -0.1) is 0 Å². The molecule has 3 heteroatoms. The van der Waals surface area contributed by atoms with Crippen molar-refractivity contribution in [3.05, 3.63) is 23.8 Å². The first kappa shape index (κ1) is 12.8. The fourth-order valence-corrected chi connectivity index (χ4v) is 3.27. The molecule has 2 aliphatic heterocycles. The van der Waals surface area contributed by atoms with Gasteiger partial charge in [0.1, 0.15) is 0 Å². The van der Waals surface area contributed by atoms with Crippen LogP contribution >= 0.6 is 0 Å². The Morgan fingerprint density at radius 2 is 2.05 bits per heavy atom. The predicted molar refractivity (Wildman–Crippen MR) is 82.2 cm³/mol. The molecule has 1 aromatic rings. The number of benzene rings is 1. The first-order valence-electron chi connectivity index (χ1n) is 7.64. The summed E-state index contributed by atoms with van der Waals surface area (Å²) < 4.78 is 0. The summed E-state index contributed by atoms with van der Waals surface area (Å²) in [5.41, 5.74) is 4.28. The Bertz CT molecular complexity index is 424. The minimum atomic E-state index is 1.12. The average molecular weight is 259 g/mol. The van der Waals surface area contributed by atoms with Gasteiger partial charge in [-0.05, 0) is 56.5 Å². The van der Waals surface area contributed by atoms with E-state index in [1.165, 1.54) is 62.3 Å². The SMILES string of the molecule is CN(CCN1CCCC1)c1cccc2c1CCCN2. The zero-order chi connectivity index (χ0) is 13.1. The maximum Gasteiger partial charge on any atom is 0.0417 e. The summed E-state index contributed by atoms with van der Waals surface area (Å²) in [6.07, 6.45) is 5.24. The molecule has 0 radical (unpaired) electrons. The van der Waals surface area contributed by atoms with Crippen molar-refractivity contribution in [3.63, 3.8) is 0 Å². The summed E-state index contributed by atoms with van der Waals surface area (Å²) in [5, 5.41) is 3.52. The number of nitrogens with zero attached hydrogens (tertiary/aromatic N) is 2. The quantitative estimate of drug-likeness (QED) is 0.896. The van der Waals surface area contributed by atoms with E-state index in [1.807, 2.05) is 0 Å². The summed E-state index contributed by atoms with van der Waals surface area (Å²) in [7, 11) is 2.24. The van der Waals surface area contributed by atoms with Crippen molar-refractivity contribution in [2.45, 2.75) is 25.7 Å². The van der Waals surface area contributed by atoms with E-state index in [2.05, 4.69) is 40.4 Å². The smallest absolute Gasteiger partial charge is 0.0417 e. The van der Waals surface area contributed by atoms with Crippen molar-refractivity contribution in [2.24, 2.45) is 0 Å². The van der Waals surface area contributed by atoms with Crippen LogP contribution < -0.4 is 10.2 Å². The standard InChI is InChI=1S/C16H25N3/c1-18(12-13-19-10-2-3-11-19)16-8-4-7-15-14(16)6-5-9-17-15/h4,7-8,17H,2-3,5-6,9-13H2,1H3. The fourth-order valence-electron chi connectivity index (χ4n) is 3.27. The molecule has 0 atom stereocenters. The van der Waals surface area contributed by atoms with Gasteiger partial charge in [-0.2, -0.15) is 0 Å². The monoisotopic (exact) mass is 259 g/mol. The molecule has 0 bridgehead atoms. The van der Waals surface area contributed by atoms with E-state index in [1.54, 1.807) is 0 Å². The van der Waals surface area contributed by atoms with Crippen LogP contribution in [0.5, 0.6) is 0 Å². The lowest BCUT2D eigenvalue weighted by Crippen LogP contribution is -2.32. The molecule has 1 fully saturated rings. The van der Waals surface area contributed by atoms with Crippen LogP contribution in [0.1, 0.15) is 24.8 Å². The zero-order valence-electron chi connectivity index (χ0n) is 12.0. The molecule has 1 aromatic carbocycles. The second-order valence-corrected chi connectivity index (χ2v) is 5.80. The molecule has 19 heavy (non-hydrogen) atoms. The Labute approximate surface area is 116 Å². The van der Waals surface area contributed by atoms with Crippen LogP contribution in [-0.2, 0) is 6.42 Å². The molecule has 0 aromatic heterocycles. The molecule has 0 amide bonds. The third-order valence-electron chi connectivity index (χ3n) is 4.43. The van der Waals surface area contributed by atoms with Gasteiger partial charge in [0.25, 0.3) is 0 Å². The highest BCUT2D eigenvalue weighted by atomic mass is 15.2. The van der Waals surface area contributed by atoms with Crippen LogP contribution in [0.15, 0.2) is 18.2 Å². The lowest BCUT2D eigenvalue weighted by atomic mass is 10.0. The van der Waals surface area contributed by atoms with Crippen LogP contribution in [-0.4, -0.2) is 44.7 Å². The van der Waals surface area contributed by atoms with Gasteiger partial charge in [0.2, 0.25) is 0 Å². The largest absolute Gasteiger partial charge is 0.385 e. The van der Waals surface area contributed by atoms with Crippen molar-refractivity contribution in [1.29, 1.82) is 0 Å². The molecule has 1 saturated heterocycles. The molecule has 104 valence electrons. The van der Waals surface area contributed by atoms with Gasteiger partial charge >= 0.3 is 0 Å². The summed E-state index contributed by atoms with van der Waals surface area (Å²) in [6.45, 7) is 6.04. The molecule has 2 aliphatic rings. The number of fused-ring (bicyclic) bond motifs is 1. The van der Waals surface area contributed by atoms with Crippen LogP contribution in [0.3, 0.4) is 0 Å². The van der Waals surface area contributed by atoms with Crippen molar-refractivity contribution in [3.8, 4) is 0 Å². The van der Waals surface area contributed by atoms with Gasteiger partial charge in [0, 0.05) is 38.1 Å². The third-order valence-corrected chi connectivity index (χ3v) is 4.43. The van der Waals surface area contributed by atoms with Crippen molar-refractivity contribution < 1.29 is 0 Å². The van der Waals surface area contributed by atoms with Crippen molar-refractivity contribution in [2.75, 3.05) is 50.0 Å². The van der Waals surface area contributed by atoms with E-state index in [4.69, 9.17) is 0 Å². The normalized spacial score (nSPS) is 19.0. The Morgan fingerprint density at radius 1 is 1.21 bits per heavy atom. The zero-order valence-corrected chi connectivity index (χ0v) is 12.0. The van der Waals surface area contributed by atoms with Gasteiger partial charge in [-0.25, -0.2) is 0 Å². The molecule has 1 N–H and O–H groups in total. The van der Waals surface area contributed by atoms with E-state index in [0.29, 0.717) is 0 Å². The van der Waals surface area contributed by atoms with Gasteiger partial charge in [-0.1, -0.05) is 6.07 Å². The van der Waals surface area contributed by atoms with Crippen LogP contribution in [0.4, 0.5) is 11.4 Å². The molecule has 0 unspecified atom stereocenters. The third kappa shape index (κ3) is 2.86. The van der Waals surface area contributed by atoms with Gasteiger partial charge < -0.3 is 15.1 Å². The maximum absolute atomic E-state index is 3.52. The number of likely N-dealkylation sites (N-methyl/N-ethyl adjacent to an activating group) is 1. The van der Waals surface area contributed by atoms with Crippen molar-refractivity contribution >= 4 is 11.4 Å². The summed E-state index contributed by atoms with van der Waals surface area (Å²) >= 11 is 0. The first-order chi connectivity index (χ1) is 9.34. The van der Waals surface area contributed by atoms with E-state index in [-0.39, 0.29) is 0 Å². The lowest BCUT2D eigenvalue weighted by Gasteiger charge is -2.28. The average Bonchev–Trinajstić information content (AvgIpc) is 2.97. The lowest BCUT2D eigenvalue weighted by molar-refractivity contribution is 0.346. The summed E-state index contributed by atoms with van der Waals surface area (Å²) in [5.74, 6) is 0. The summed E-state index contributed by atoms with van der Waals surface area (Å²) in [4.78, 5) is 5.02. The van der Waals surface area contributed by atoms with Crippen LogP contribution in [0.2, 0.25) is 0 Å². The second-order valence-electron chi connectivity index (χ2n) is 5.80. The minimum Gasteiger partial charge on any atom is -0.385 e. The molecule has 2 heterocycles. The number of hydrogen-bond donors (Lipinski definition) is 1. The number of likely N-dealkylation sites (tertiary alicyclic amines) is 1. The Kier molecular flexibility index (Phi) is 3.92. The number of nitrogens with one attached hydrogen (secondary N) is 1. The molecule has 0 saturated carbocycles. The molecule has 0 aliphatic carbocycles. The van der Waals surface area contributed by atoms with Crippen LogP contribution in [0, 0.1) is 0 Å². The molecular weight excluding hydrogens is 234 g/mol. The number of hydrogen-bond acceptors (Lipinski definition) is 3. The molecule has 3 rings (SSSR count). The first-order valence-corrected chi connectivity index (χ1v) is 7.64. The highest BCUT2D eigenvalue weighted by Crippen LogP contribution is 2.30. The van der Waals surface area contributed by atoms with E-state index < -0.39 is 0 Å². The van der Waals surface area contributed by atoms with Gasteiger partial charge in [-0.3, -0.25) is 0 Å². The van der Waals surface area contributed by atoms with Crippen molar-refractivity contribution in [1.82, 2.24) is 4.90 Å². The van der Waals surface area contributed by atoms with E-state index in [9.17, 15) is 0 Å². The number of anilines is 2. The predicted octanol–water partition coefficient (Wildman–Crippen LogP) is 2.58. The van der Waals surface area contributed by atoms with Gasteiger partial charge in [0.15, 0.2) is 0 Å². The fraction of sp³-hybridized carbons (Fsp3) is 0.625. The Balaban J connectivity index is 1.67. The topological polar surface area (TPSA) is 18.5 Å². The summed E-state index contributed by atoms with van der Waals surface area (Å²) in [6, 6.07) is 6.67.